The highest BCUT2D eigenvalue weighted by Gasteiger charge is 2.24. The van der Waals surface area contributed by atoms with Gasteiger partial charge in [0.15, 0.2) is 3.79 Å². The van der Waals surface area contributed by atoms with Crippen molar-refractivity contribution in [3.63, 3.8) is 0 Å². The van der Waals surface area contributed by atoms with Gasteiger partial charge in [-0.05, 0) is 6.42 Å². The fourth-order valence-corrected chi connectivity index (χ4v) is 1.77. The van der Waals surface area contributed by atoms with Crippen molar-refractivity contribution in [3.8, 4) is 0 Å². The average Bonchev–Trinajstić information content (AvgIpc) is 1.79. The molecule has 0 radical (unpaired) electrons. The summed E-state index contributed by atoms with van der Waals surface area (Å²) in [6.45, 7) is 0. The molecule has 0 bridgehead atoms. The van der Waals surface area contributed by atoms with E-state index in [1.54, 1.807) is 0 Å². The Hall–Kier alpha value is 0.630. The van der Waals surface area contributed by atoms with Crippen LogP contribution in [0.2, 0.25) is 0 Å². The van der Waals surface area contributed by atoms with Gasteiger partial charge in [-0.2, -0.15) is 0 Å². The Morgan fingerprint density at radius 3 is 2.25 bits per heavy atom. The van der Waals surface area contributed by atoms with E-state index >= 15 is 0 Å². The minimum absolute atomic E-state index is 0.00505. The van der Waals surface area contributed by atoms with Crippen LogP contribution in [0.4, 0.5) is 0 Å². The van der Waals surface area contributed by atoms with Crippen molar-refractivity contribution in [2.24, 2.45) is 0 Å². The molecule has 72 valence electrons. The lowest BCUT2D eigenvalue weighted by molar-refractivity contribution is -0.137. The third kappa shape index (κ3) is 8.72. The zero-order valence-corrected chi connectivity index (χ0v) is 9.09. The number of alkyl halides is 4. The van der Waals surface area contributed by atoms with E-state index in [9.17, 15) is 4.79 Å². The molecule has 0 amide bonds. The lowest BCUT2D eigenvalue weighted by Crippen LogP contribution is -2.13. The molecule has 6 heteroatoms. The van der Waals surface area contributed by atoms with Gasteiger partial charge in [0.2, 0.25) is 0 Å². The van der Waals surface area contributed by atoms with Crippen LogP contribution < -0.4 is 0 Å². The topological polar surface area (TPSA) is 37.3 Å². The third-order valence-corrected chi connectivity index (χ3v) is 1.96. The summed E-state index contributed by atoms with van der Waals surface area (Å²) < 4.78 is -1.40. The minimum atomic E-state index is -1.40. The van der Waals surface area contributed by atoms with Crippen molar-refractivity contribution in [3.05, 3.63) is 0 Å². The summed E-state index contributed by atoms with van der Waals surface area (Å²) >= 11 is 22.0. The molecule has 0 aliphatic carbocycles. The second kappa shape index (κ2) is 5.38. The van der Waals surface area contributed by atoms with Crippen molar-refractivity contribution < 1.29 is 9.90 Å². The van der Waals surface area contributed by atoms with Gasteiger partial charge in [-0.3, -0.25) is 4.79 Å². The van der Waals surface area contributed by atoms with Crippen molar-refractivity contribution in [2.45, 2.75) is 28.4 Å². The predicted molar refractivity (Wildman–Crippen MR) is 51.4 cm³/mol. The fraction of sp³-hybridized carbons (Fsp3) is 0.833. The van der Waals surface area contributed by atoms with E-state index in [1.165, 1.54) is 0 Å². The highest BCUT2D eigenvalue weighted by molar-refractivity contribution is 6.67. The molecule has 0 heterocycles. The standard InChI is InChI=1S/C6H8Cl4O2/c7-4(1-2-5(11)12)3-6(8,9)10/h4H,1-3H2,(H,11,12). The molecule has 0 aliphatic rings. The molecular weight excluding hydrogens is 246 g/mol. The first kappa shape index (κ1) is 12.6. The molecule has 1 unspecified atom stereocenters. The van der Waals surface area contributed by atoms with Crippen LogP contribution in [0.5, 0.6) is 0 Å². The van der Waals surface area contributed by atoms with E-state index in [4.69, 9.17) is 51.5 Å². The van der Waals surface area contributed by atoms with E-state index in [0.29, 0.717) is 6.42 Å². The number of rotatable bonds is 4. The van der Waals surface area contributed by atoms with Gasteiger partial charge in [0.05, 0.1) is 0 Å². The van der Waals surface area contributed by atoms with Crippen molar-refractivity contribution >= 4 is 52.4 Å². The molecule has 0 saturated heterocycles. The van der Waals surface area contributed by atoms with Crippen LogP contribution in [-0.2, 0) is 4.79 Å². The molecule has 2 nitrogen and oxygen atoms in total. The van der Waals surface area contributed by atoms with Gasteiger partial charge in [0.25, 0.3) is 0 Å². The summed E-state index contributed by atoms with van der Waals surface area (Å²) in [5, 5.41) is 7.89. The Balaban J connectivity index is 3.60. The van der Waals surface area contributed by atoms with Gasteiger partial charge >= 0.3 is 5.97 Å². The number of carboxylic acids is 1. The first-order valence-corrected chi connectivity index (χ1v) is 4.81. The average molecular weight is 254 g/mol. The van der Waals surface area contributed by atoms with Gasteiger partial charge in [-0.1, -0.05) is 34.8 Å². The first-order valence-electron chi connectivity index (χ1n) is 3.24. The molecule has 12 heavy (non-hydrogen) atoms. The van der Waals surface area contributed by atoms with Crippen LogP contribution in [0.15, 0.2) is 0 Å². The smallest absolute Gasteiger partial charge is 0.303 e. The highest BCUT2D eigenvalue weighted by atomic mass is 35.6. The lowest BCUT2D eigenvalue weighted by atomic mass is 10.2. The molecular formula is C6H8Cl4O2. The van der Waals surface area contributed by atoms with Gasteiger partial charge in [0, 0.05) is 18.2 Å². The van der Waals surface area contributed by atoms with Crippen LogP contribution in [0.3, 0.4) is 0 Å². The van der Waals surface area contributed by atoms with Crippen LogP contribution >= 0.6 is 46.4 Å². The quantitative estimate of drug-likeness (QED) is 0.782. The Morgan fingerprint density at radius 2 is 1.92 bits per heavy atom. The predicted octanol–water partition coefficient (Wildman–Crippen LogP) is 3.22. The fourth-order valence-electron chi connectivity index (χ4n) is 0.633. The molecule has 0 aromatic rings. The summed E-state index contributed by atoms with van der Waals surface area (Å²) in [5.74, 6) is -0.898. The zero-order chi connectivity index (χ0) is 9.78. The lowest BCUT2D eigenvalue weighted by Gasteiger charge is -2.14. The molecule has 1 N–H and O–H groups in total. The van der Waals surface area contributed by atoms with Crippen LogP contribution in [0.1, 0.15) is 19.3 Å². The van der Waals surface area contributed by atoms with Gasteiger partial charge in [0.1, 0.15) is 0 Å². The summed E-state index contributed by atoms with van der Waals surface area (Å²) in [6.07, 6.45) is 0.464. The molecule has 0 aliphatic heterocycles. The Morgan fingerprint density at radius 1 is 1.42 bits per heavy atom. The molecule has 0 fully saturated rings. The largest absolute Gasteiger partial charge is 0.481 e. The number of hydrogen-bond donors (Lipinski definition) is 1. The van der Waals surface area contributed by atoms with E-state index < -0.39 is 15.1 Å². The van der Waals surface area contributed by atoms with E-state index in [1.807, 2.05) is 0 Å². The Labute approximate surface area is 90.7 Å². The van der Waals surface area contributed by atoms with Crippen LogP contribution in [0, 0.1) is 0 Å². The number of halogens is 4. The number of carboxylic acid groups (broad SMARTS) is 1. The van der Waals surface area contributed by atoms with Crippen molar-refractivity contribution in [2.75, 3.05) is 0 Å². The van der Waals surface area contributed by atoms with E-state index in [-0.39, 0.29) is 12.8 Å². The molecule has 0 aromatic heterocycles. The third-order valence-electron chi connectivity index (χ3n) is 1.12. The number of aliphatic carboxylic acids is 1. The Kier molecular flexibility index (Phi) is 5.66. The SMILES string of the molecule is O=C(O)CCC(Cl)CC(Cl)(Cl)Cl. The molecule has 0 spiro atoms. The van der Waals surface area contributed by atoms with Gasteiger partial charge < -0.3 is 5.11 Å². The van der Waals surface area contributed by atoms with Crippen molar-refractivity contribution in [1.29, 1.82) is 0 Å². The summed E-state index contributed by atoms with van der Waals surface area (Å²) in [4.78, 5) is 10.1. The van der Waals surface area contributed by atoms with Gasteiger partial charge in [-0.15, -0.1) is 11.6 Å². The summed E-state index contributed by atoms with van der Waals surface area (Å²) in [5.41, 5.74) is 0. The maximum atomic E-state index is 10.1. The normalized spacial score (nSPS) is 14.3. The molecule has 1 atom stereocenters. The maximum Gasteiger partial charge on any atom is 0.303 e. The molecule has 0 saturated carbocycles. The number of carbonyl (C=O) groups is 1. The molecule has 0 aromatic carbocycles. The zero-order valence-electron chi connectivity index (χ0n) is 6.07. The molecule has 0 rings (SSSR count). The second-order valence-electron chi connectivity index (χ2n) is 2.35. The monoisotopic (exact) mass is 252 g/mol. The summed E-state index contributed by atoms with van der Waals surface area (Å²) in [7, 11) is 0. The van der Waals surface area contributed by atoms with Crippen molar-refractivity contribution in [1.82, 2.24) is 0 Å². The second-order valence-corrected chi connectivity index (χ2v) is 5.48. The van der Waals surface area contributed by atoms with Crippen LogP contribution in [-0.4, -0.2) is 20.2 Å². The highest BCUT2D eigenvalue weighted by Crippen LogP contribution is 2.34. The van der Waals surface area contributed by atoms with E-state index in [0.717, 1.165) is 0 Å². The first-order chi connectivity index (χ1) is 5.31. The number of hydrogen-bond acceptors (Lipinski definition) is 1. The van der Waals surface area contributed by atoms with E-state index in [2.05, 4.69) is 0 Å². The maximum absolute atomic E-state index is 10.1. The summed E-state index contributed by atoms with van der Waals surface area (Å²) in [6, 6.07) is 0. The minimum Gasteiger partial charge on any atom is -0.481 e. The Bertz CT molecular complexity index is 154. The van der Waals surface area contributed by atoms with Crippen LogP contribution in [0.25, 0.3) is 0 Å². The van der Waals surface area contributed by atoms with Gasteiger partial charge in [-0.25, -0.2) is 0 Å².